The Hall–Kier alpha value is -3.55. The zero-order valence-corrected chi connectivity index (χ0v) is 18.2. The van der Waals surface area contributed by atoms with Crippen LogP contribution in [0.15, 0.2) is 72.8 Å². The molecule has 0 unspecified atom stereocenters. The van der Waals surface area contributed by atoms with Crippen molar-refractivity contribution in [2.24, 2.45) is 0 Å². The fraction of sp³-hybridized carbons (Fsp3) is 0.154. The largest absolute Gasteiger partial charge is 0.489 e. The first-order valence-corrected chi connectivity index (χ1v) is 10.4. The van der Waals surface area contributed by atoms with Gasteiger partial charge in [0.05, 0.1) is 22.8 Å². The zero-order chi connectivity index (χ0) is 21.8. The summed E-state index contributed by atoms with van der Waals surface area (Å²) in [5.41, 5.74) is 6.77. The molecule has 4 nitrogen and oxygen atoms in total. The number of aromatic nitrogens is 2. The predicted molar refractivity (Wildman–Crippen MR) is 123 cm³/mol. The lowest BCUT2D eigenvalue weighted by atomic mass is 10.0. The topological polar surface area (TPSA) is 50.8 Å². The van der Waals surface area contributed by atoms with Gasteiger partial charge in [0.1, 0.15) is 18.4 Å². The van der Waals surface area contributed by atoms with E-state index in [0.717, 1.165) is 39.4 Å². The van der Waals surface area contributed by atoms with Crippen LogP contribution in [0.25, 0.3) is 11.1 Å². The summed E-state index contributed by atoms with van der Waals surface area (Å²) in [4.78, 5) is 0. The Bertz CT molecular complexity index is 1240. The van der Waals surface area contributed by atoms with Crippen molar-refractivity contribution in [2.75, 3.05) is 0 Å². The maximum Gasteiger partial charge on any atom is 0.119 e. The van der Waals surface area contributed by atoms with Crippen LogP contribution in [-0.2, 0) is 13.2 Å². The molecule has 4 aromatic rings. The Labute approximate surface area is 187 Å². The van der Waals surface area contributed by atoms with E-state index < -0.39 is 0 Å². The van der Waals surface area contributed by atoms with Crippen molar-refractivity contribution in [1.29, 1.82) is 5.26 Å². The van der Waals surface area contributed by atoms with Crippen LogP contribution in [0, 0.1) is 25.2 Å². The van der Waals surface area contributed by atoms with Crippen molar-refractivity contribution < 1.29 is 4.74 Å². The Morgan fingerprint density at radius 2 is 1.71 bits per heavy atom. The van der Waals surface area contributed by atoms with E-state index in [1.807, 2.05) is 54.1 Å². The molecular formula is C26H22ClN3O. The molecule has 31 heavy (non-hydrogen) atoms. The van der Waals surface area contributed by atoms with Crippen LogP contribution in [0.1, 0.15) is 28.1 Å². The minimum Gasteiger partial charge on any atom is -0.489 e. The second kappa shape index (κ2) is 9.07. The zero-order valence-electron chi connectivity index (χ0n) is 17.5. The molecule has 0 N–H and O–H groups in total. The highest BCUT2D eigenvalue weighted by Gasteiger charge is 2.15. The van der Waals surface area contributed by atoms with E-state index in [9.17, 15) is 0 Å². The van der Waals surface area contributed by atoms with Crippen LogP contribution in [0.4, 0.5) is 0 Å². The van der Waals surface area contributed by atoms with Gasteiger partial charge < -0.3 is 4.74 Å². The lowest BCUT2D eigenvalue weighted by Gasteiger charge is -2.09. The predicted octanol–water partition coefficient (Wildman–Crippen LogP) is 6.32. The quantitative estimate of drug-likeness (QED) is 0.361. The van der Waals surface area contributed by atoms with Crippen LogP contribution in [0.5, 0.6) is 5.75 Å². The number of nitriles is 1. The molecule has 0 saturated carbocycles. The molecule has 0 amide bonds. The first-order valence-electron chi connectivity index (χ1n) is 10.0. The highest BCUT2D eigenvalue weighted by molar-refractivity contribution is 6.32. The van der Waals surface area contributed by atoms with Crippen molar-refractivity contribution >= 4 is 11.6 Å². The molecule has 0 fully saturated rings. The molecule has 0 radical (unpaired) electrons. The Morgan fingerprint density at radius 1 is 0.968 bits per heavy atom. The SMILES string of the molecule is Cc1nn(Cc2ccc(OCc3ccccc3)cc2)c(C)c1-c1ccc(C#N)c(Cl)c1. The standard InChI is InChI=1S/C26H22ClN3O/c1-18-26(22-10-11-23(15-28)25(27)14-22)19(2)30(29-18)16-20-8-12-24(13-9-20)31-17-21-6-4-3-5-7-21/h3-14H,16-17H2,1-2H3. The average Bonchev–Trinajstić information content (AvgIpc) is 3.06. The molecule has 154 valence electrons. The summed E-state index contributed by atoms with van der Waals surface area (Å²) >= 11 is 6.24. The number of halogens is 1. The van der Waals surface area contributed by atoms with Crippen LogP contribution >= 0.6 is 11.6 Å². The molecule has 1 heterocycles. The van der Waals surface area contributed by atoms with Crippen LogP contribution < -0.4 is 4.74 Å². The number of hydrogen-bond donors (Lipinski definition) is 0. The third-order valence-electron chi connectivity index (χ3n) is 5.26. The minimum atomic E-state index is 0.456. The van der Waals surface area contributed by atoms with Crippen molar-refractivity contribution in [3.63, 3.8) is 0 Å². The number of benzene rings is 3. The van der Waals surface area contributed by atoms with Gasteiger partial charge in [0.15, 0.2) is 0 Å². The highest BCUT2D eigenvalue weighted by Crippen LogP contribution is 2.30. The molecule has 0 atom stereocenters. The monoisotopic (exact) mass is 427 g/mol. The summed E-state index contributed by atoms with van der Waals surface area (Å²) in [7, 11) is 0. The summed E-state index contributed by atoms with van der Waals surface area (Å²) in [5, 5.41) is 14.3. The molecule has 0 aliphatic rings. The Balaban J connectivity index is 1.49. The van der Waals surface area contributed by atoms with E-state index in [4.69, 9.17) is 26.7 Å². The molecule has 0 aliphatic heterocycles. The van der Waals surface area contributed by atoms with Gasteiger partial charge in [-0.1, -0.05) is 60.1 Å². The Morgan fingerprint density at radius 3 is 2.39 bits per heavy atom. The average molecular weight is 428 g/mol. The maximum absolute atomic E-state index is 9.11. The van der Waals surface area contributed by atoms with E-state index >= 15 is 0 Å². The number of rotatable bonds is 6. The number of nitrogens with zero attached hydrogens (tertiary/aromatic N) is 3. The van der Waals surface area contributed by atoms with Crippen LogP contribution in [-0.4, -0.2) is 9.78 Å². The molecule has 5 heteroatoms. The molecule has 0 saturated heterocycles. The fourth-order valence-corrected chi connectivity index (χ4v) is 3.86. The summed E-state index contributed by atoms with van der Waals surface area (Å²) in [5.74, 6) is 0.842. The van der Waals surface area contributed by atoms with Crippen LogP contribution in [0.2, 0.25) is 5.02 Å². The van der Waals surface area contributed by atoms with E-state index in [0.29, 0.717) is 23.7 Å². The first kappa shape index (κ1) is 20.7. The van der Waals surface area contributed by atoms with Gasteiger partial charge >= 0.3 is 0 Å². The molecular weight excluding hydrogens is 406 g/mol. The van der Waals surface area contributed by atoms with Gasteiger partial charge in [-0.05, 0) is 54.8 Å². The molecule has 0 aliphatic carbocycles. The van der Waals surface area contributed by atoms with E-state index in [1.54, 1.807) is 6.07 Å². The fourth-order valence-electron chi connectivity index (χ4n) is 3.63. The molecule has 1 aromatic heterocycles. The molecule has 0 bridgehead atoms. The molecule has 4 rings (SSSR count). The van der Waals surface area contributed by atoms with E-state index in [-0.39, 0.29) is 0 Å². The smallest absolute Gasteiger partial charge is 0.119 e. The number of aryl methyl sites for hydroxylation is 1. The van der Waals surface area contributed by atoms with Crippen molar-refractivity contribution in [3.05, 3.63) is 106 Å². The molecule has 0 spiro atoms. The van der Waals surface area contributed by atoms with Gasteiger partial charge in [0.2, 0.25) is 0 Å². The normalized spacial score (nSPS) is 10.6. The van der Waals surface area contributed by atoms with Gasteiger partial charge in [-0.25, -0.2) is 0 Å². The van der Waals surface area contributed by atoms with Crippen molar-refractivity contribution in [2.45, 2.75) is 27.0 Å². The molecule has 3 aromatic carbocycles. The lowest BCUT2D eigenvalue weighted by molar-refractivity contribution is 0.306. The Kier molecular flexibility index (Phi) is 6.06. The highest BCUT2D eigenvalue weighted by atomic mass is 35.5. The number of hydrogen-bond acceptors (Lipinski definition) is 3. The third kappa shape index (κ3) is 4.63. The van der Waals surface area contributed by atoms with Gasteiger partial charge in [-0.2, -0.15) is 10.4 Å². The first-order chi connectivity index (χ1) is 15.0. The second-order valence-corrected chi connectivity index (χ2v) is 7.84. The summed E-state index contributed by atoms with van der Waals surface area (Å²) < 4.78 is 7.87. The van der Waals surface area contributed by atoms with Crippen molar-refractivity contribution in [3.8, 4) is 22.9 Å². The lowest BCUT2D eigenvalue weighted by Crippen LogP contribution is -2.04. The maximum atomic E-state index is 9.11. The minimum absolute atomic E-state index is 0.456. The van der Waals surface area contributed by atoms with E-state index in [1.165, 1.54) is 0 Å². The summed E-state index contributed by atoms with van der Waals surface area (Å²) in [6.07, 6.45) is 0. The summed E-state index contributed by atoms with van der Waals surface area (Å²) in [6.45, 7) is 5.26. The second-order valence-electron chi connectivity index (χ2n) is 7.43. The summed E-state index contributed by atoms with van der Waals surface area (Å²) in [6, 6.07) is 25.8. The van der Waals surface area contributed by atoms with Gasteiger partial charge in [0, 0.05) is 11.3 Å². The van der Waals surface area contributed by atoms with Crippen LogP contribution in [0.3, 0.4) is 0 Å². The van der Waals surface area contributed by atoms with Crippen molar-refractivity contribution in [1.82, 2.24) is 9.78 Å². The van der Waals surface area contributed by atoms with Gasteiger partial charge in [-0.15, -0.1) is 0 Å². The van der Waals surface area contributed by atoms with Gasteiger partial charge in [-0.3, -0.25) is 4.68 Å². The number of ether oxygens (including phenoxy) is 1. The third-order valence-corrected chi connectivity index (χ3v) is 5.58. The van der Waals surface area contributed by atoms with Gasteiger partial charge in [0.25, 0.3) is 0 Å². The van der Waals surface area contributed by atoms with E-state index in [2.05, 4.69) is 37.3 Å².